The highest BCUT2D eigenvalue weighted by Crippen LogP contribution is 2.27. The average molecular weight is 437 g/mol. The van der Waals surface area contributed by atoms with Crippen molar-refractivity contribution in [3.8, 4) is 5.75 Å². The number of benzene rings is 2. The van der Waals surface area contributed by atoms with Crippen molar-refractivity contribution in [3.63, 3.8) is 0 Å². The normalized spacial score (nSPS) is 12.3. The van der Waals surface area contributed by atoms with Gasteiger partial charge in [-0.25, -0.2) is 22.0 Å². The molecule has 0 fully saturated rings. The van der Waals surface area contributed by atoms with E-state index in [0.717, 1.165) is 11.5 Å². The SMILES string of the molecule is COc1cc(Cl)ccc1/C=C/S(=O)(=O)Nc1ccc(Cl)cc1S(N)(=O)=O. The summed E-state index contributed by atoms with van der Waals surface area (Å²) in [5, 5.41) is 6.48. The summed E-state index contributed by atoms with van der Waals surface area (Å²) in [6.45, 7) is 0. The molecule has 0 bridgehead atoms. The maximum atomic E-state index is 12.3. The van der Waals surface area contributed by atoms with E-state index in [9.17, 15) is 16.8 Å². The number of nitrogens with two attached hydrogens (primary N) is 1. The van der Waals surface area contributed by atoms with Crippen LogP contribution in [0, 0.1) is 0 Å². The van der Waals surface area contributed by atoms with Crippen molar-refractivity contribution in [1.82, 2.24) is 0 Å². The molecule has 2 aromatic rings. The highest BCUT2D eigenvalue weighted by atomic mass is 35.5. The molecule has 26 heavy (non-hydrogen) atoms. The third-order valence-corrected chi connectivity index (χ3v) is 5.54. The maximum Gasteiger partial charge on any atom is 0.255 e. The summed E-state index contributed by atoms with van der Waals surface area (Å²) in [5.74, 6) is 0.376. The van der Waals surface area contributed by atoms with Gasteiger partial charge in [0, 0.05) is 15.6 Å². The second-order valence-corrected chi connectivity index (χ2v) is 8.99. The summed E-state index contributed by atoms with van der Waals surface area (Å²) in [4.78, 5) is -0.439. The first-order chi connectivity index (χ1) is 12.0. The fourth-order valence-corrected chi connectivity index (χ4v) is 4.05. The van der Waals surface area contributed by atoms with Crippen LogP contribution in [-0.2, 0) is 20.0 Å². The number of halogens is 2. The van der Waals surface area contributed by atoms with E-state index in [1.807, 2.05) is 0 Å². The topological polar surface area (TPSA) is 116 Å². The van der Waals surface area contributed by atoms with Gasteiger partial charge in [-0.15, -0.1) is 0 Å². The van der Waals surface area contributed by atoms with Gasteiger partial charge in [0.15, 0.2) is 0 Å². The van der Waals surface area contributed by atoms with Crippen LogP contribution in [0.25, 0.3) is 6.08 Å². The lowest BCUT2D eigenvalue weighted by molar-refractivity contribution is 0.414. The van der Waals surface area contributed by atoms with Crippen molar-refractivity contribution < 1.29 is 21.6 Å². The number of hydrogen-bond donors (Lipinski definition) is 2. The second-order valence-electron chi connectivity index (χ2n) is 5.02. The molecule has 7 nitrogen and oxygen atoms in total. The van der Waals surface area contributed by atoms with E-state index >= 15 is 0 Å². The molecule has 0 aliphatic carbocycles. The summed E-state index contributed by atoms with van der Waals surface area (Å²) in [6, 6.07) is 8.27. The van der Waals surface area contributed by atoms with Crippen LogP contribution in [0.15, 0.2) is 46.7 Å². The Hall–Kier alpha value is -1.78. The van der Waals surface area contributed by atoms with Gasteiger partial charge in [0.05, 0.1) is 18.2 Å². The molecule has 0 aliphatic heterocycles. The van der Waals surface area contributed by atoms with Gasteiger partial charge in [-0.05, 0) is 42.5 Å². The first kappa shape index (κ1) is 20.5. The average Bonchev–Trinajstić information content (AvgIpc) is 2.54. The van der Waals surface area contributed by atoms with Crippen LogP contribution in [0.1, 0.15) is 5.56 Å². The monoisotopic (exact) mass is 436 g/mol. The zero-order chi connectivity index (χ0) is 19.5. The number of rotatable bonds is 6. The number of anilines is 1. The molecule has 0 heterocycles. The van der Waals surface area contributed by atoms with Crippen molar-refractivity contribution >= 4 is 55.0 Å². The van der Waals surface area contributed by atoms with Crippen molar-refractivity contribution in [2.75, 3.05) is 11.8 Å². The molecule has 0 saturated heterocycles. The predicted octanol–water partition coefficient (Wildman–Crippen LogP) is 3.06. The lowest BCUT2D eigenvalue weighted by Crippen LogP contribution is -2.17. The third-order valence-electron chi connectivity index (χ3n) is 3.12. The quantitative estimate of drug-likeness (QED) is 0.721. The minimum absolute atomic E-state index is 0.0958. The molecule has 0 saturated carbocycles. The number of ether oxygens (including phenoxy) is 1. The highest BCUT2D eigenvalue weighted by Gasteiger charge is 2.18. The van der Waals surface area contributed by atoms with Crippen LogP contribution in [0.2, 0.25) is 10.0 Å². The molecule has 3 N–H and O–H groups in total. The zero-order valence-electron chi connectivity index (χ0n) is 13.3. The largest absolute Gasteiger partial charge is 0.496 e. The van der Waals surface area contributed by atoms with E-state index < -0.39 is 24.9 Å². The molecule has 0 unspecified atom stereocenters. The van der Waals surface area contributed by atoms with Crippen molar-refractivity contribution in [1.29, 1.82) is 0 Å². The first-order valence-corrected chi connectivity index (χ1v) is 10.7. The Labute approximate surface area is 161 Å². The highest BCUT2D eigenvalue weighted by molar-refractivity contribution is 7.95. The fourth-order valence-electron chi connectivity index (χ4n) is 1.99. The van der Waals surface area contributed by atoms with E-state index in [1.54, 1.807) is 12.1 Å². The van der Waals surface area contributed by atoms with Gasteiger partial charge in [0.1, 0.15) is 10.6 Å². The molecule has 2 rings (SSSR count). The predicted molar refractivity (Wildman–Crippen MR) is 102 cm³/mol. The van der Waals surface area contributed by atoms with E-state index in [2.05, 4.69) is 4.72 Å². The Bertz CT molecular complexity index is 1070. The van der Waals surface area contributed by atoms with E-state index in [0.29, 0.717) is 16.3 Å². The maximum absolute atomic E-state index is 12.3. The van der Waals surface area contributed by atoms with Crippen LogP contribution in [-0.4, -0.2) is 23.9 Å². The standard InChI is InChI=1S/C15H14Cl2N2O5S2/c1-24-14-8-11(16)3-2-10(14)6-7-25(20,21)19-13-5-4-12(17)9-15(13)26(18,22)23/h2-9,19H,1H3,(H2,18,22,23)/b7-6+. The lowest BCUT2D eigenvalue weighted by Gasteiger charge is -2.10. The molecule has 0 amide bonds. The first-order valence-electron chi connectivity index (χ1n) is 6.88. The molecule has 140 valence electrons. The molecule has 0 spiro atoms. The molecule has 0 atom stereocenters. The molecule has 2 aromatic carbocycles. The number of nitrogens with one attached hydrogen (secondary N) is 1. The fraction of sp³-hybridized carbons (Fsp3) is 0.0667. The van der Waals surface area contributed by atoms with Crippen LogP contribution >= 0.6 is 23.2 Å². The summed E-state index contributed by atoms with van der Waals surface area (Å²) < 4.78 is 55.1. The van der Waals surface area contributed by atoms with E-state index in [-0.39, 0.29) is 10.7 Å². The number of methoxy groups -OCH3 is 1. The minimum Gasteiger partial charge on any atom is -0.496 e. The number of primary sulfonamides is 1. The van der Waals surface area contributed by atoms with E-state index in [4.69, 9.17) is 33.1 Å². The Morgan fingerprint density at radius 2 is 1.65 bits per heavy atom. The molecular formula is C15H14Cl2N2O5S2. The Balaban J connectivity index is 2.36. The van der Waals surface area contributed by atoms with Crippen LogP contribution in [0.4, 0.5) is 5.69 Å². The Kier molecular flexibility index (Phi) is 6.20. The van der Waals surface area contributed by atoms with Gasteiger partial charge in [-0.3, -0.25) is 4.72 Å². The smallest absolute Gasteiger partial charge is 0.255 e. The van der Waals surface area contributed by atoms with Crippen molar-refractivity contribution in [2.45, 2.75) is 4.90 Å². The van der Waals surface area contributed by atoms with Gasteiger partial charge in [-0.1, -0.05) is 23.2 Å². The number of hydrogen-bond acceptors (Lipinski definition) is 5. The minimum atomic E-state index is -4.18. The van der Waals surface area contributed by atoms with E-state index in [1.165, 1.54) is 31.4 Å². The molecule has 0 radical (unpaired) electrons. The van der Waals surface area contributed by atoms with Crippen molar-refractivity contribution in [3.05, 3.63) is 57.4 Å². The second kappa shape index (κ2) is 7.85. The van der Waals surface area contributed by atoms with Gasteiger partial charge in [0.25, 0.3) is 10.0 Å². The summed E-state index contributed by atoms with van der Waals surface area (Å²) in [6.07, 6.45) is 1.28. The molecule has 0 aliphatic rings. The number of sulfonamides is 2. The van der Waals surface area contributed by atoms with Gasteiger partial charge in [-0.2, -0.15) is 0 Å². The van der Waals surface area contributed by atoms with Crippen LogP contribution < -0.4 is 14.6 Å². The molecule has 11 heteroatoms. The van der Waals surface area contributed by atoms with Crippen molar-refractivity contribution in [2.24, 2.45) is 5.14 Å². The lowest BCUT2D eigenvalue weighted by atomic mass is 10.2. The summed E-state index contributed by atoms with van der Waals surface area (Å²) >= 11 is 11.6. The van der Waals surface area contributed by atoms with Crippen LogP contribution in [0.5, 0.6) is 5.75 Å². The Morgan fingerprint density at radius 1 is 1.04 bits per heavy atom. The zero-order valence-corrected chi connectivity index (χ0v) is 16.5. The third kappa shape index (κ3) is 5.36. The van der Waals surface area contributed by atoms with Gasteiger partial charge >= 0.3 is 0 Å². The molecular weight excluding hydrogens is 423 g/mol. The summed E-state index contributed by atoms with van der Waals surface area (Å²) in [7, 11) is -6.81. The van der Waals surface area contributed by atoms with Gasteiger partial charge in [0.2, 0.25) is 10.0 Å². The molecule has 0 aromatic heterocycles. The van der Waals surface area contributed by atoms with Gasteiger partial charge < -0.3 is 4.74 Å². The summed E-state index contributed by atoms with van der Waals surface area (Å²) in [5.41, 5.74) is 0.245. The Morgan fingerprint density at radius 3 is 2.27 bits per heavy atom. The van der Waals surface area contributed by atoms with Crippen LogP contribution in [0.3, 0.4) is 0 Å².